The van der Waals surface area contributed by atoms with Gasteiger partial charge < -0.3 is 0 Å². The first-order chi connectivity index (χ1) is 8.43. The Hall–Kier alpha value is -2.29. The van der Waals surface area contributed by atoms with E-state index in [-0.39, 0.29) is 0 Å². The van der Waals surface area contributed by atoms with Crippen LogP contribution in [0.2, 0.25) is 0 Å². The Morgan fingerprint density at radius 2 is 1.82 bits per heavy atom. The molecule has 2 aromatic rings. The van der Waals surface area contributed by atoms with Gasteiger partial charge in [-0.05, 0) is 18.2 Å². The zero-order chi connectivity index (χ0) is 11.2. The van der Waals surface area contributed by atoms with E-state index >= 15 is 0 Å². The summed E-state index contributed by atoms with van der Waals surface area (Å²) < 4.78 is 0. The van der Waals surface area contributed by atoms with Gasteiger partial charge in [0.15, 0.2) is 0 Å². The van der Waals surface area contributed by atoms with Crippen LogP contribution in [0.4, 0.5) is 5.69 Å². The lowest BCUT2D eigenvalue weighted by Gasteiger charge is -2.04. The molecule has 4 rings (SSSR count). The highest BCUT2D eigenvalue weighted by molar-refractivity contribution is 5.60. The van der Waals surface area contributed by atoms with E-state index in [1.165, 1.54) is 10.4 Å². The summed E-state index contributed by atoms with van der Waals surface area (Å²) in [5.41, 5.74) is 2.19. The molecule has 0 amide bonds. The molecule has 0 aliphatic carbocycles. The summed E-state index contributed by atoms with van der Waals surface area (Å²) >= 11 is 0. The topological polar surface area (TPSA) is 37.1 Å². The Bertz CT molecular complexity index is 863. The van der Waals surface area contributed by atoms with Crippen LogP contribution in [0.5, 0.6) is 0 Å². The second-order valence-electron chi connectivity index (χ2n) is 4.17. The predicted octanol–water partition coefficient (Wildman–Crippen LogP) is 1.40. The molecule has 0 radical (unpaired) electrons. The van der Waals surface area contributed by atoms with Crippen molar-refractivity contribution in [2.45, 2.75) is 6.54 Å². The molecule has 0 atom stereocenters. The van der Waals surface area contributed by atoms with Gasteiger partial charge in [-0.1, -0.05) is 18.2 Å². The first-order valence-electron chi connectivity index (χ1n) is 5.60. The zero-order valence-corrected chi connectivity index (χ0v) is 9.09. The van der Waals surface area contributed by atoms with Crippen LogP contribution in [-0.2, 0) is 6.54 Å². The van der Waals surface area contributed by atoms with Gasteiger partial charge in [0.1, 0.15) is 6.34 Å². The van der Waals surface area contributed by atoms with Gasteiger partial charge in [-0.3, -0.25) is 4.99 Å². The zero-order valence-electron chi connectivity index (χ0n) is 9.09. The predicted molar refractivity (Wildman–Crippen MR) is 64.7 cm³/mol. The van der Waals surface area contributed by atoms with Crippen molar-refractivity contribution in [3.63, 3.8) is 0 Å². The van der Waals surface area contributed by atoms with Crippen molar-refractivity contribution in [1.82, 2.24) is 0 Å². The number of hydrogen-bond acceptors (Lipinski definition) is 3. The number of fused-ring (bicyclic) bond motifs is 4. The van der Waals surface area contributed by atoms with Gasteiger partial charge >= 0.3 is 0 Å². The summed E-state index contributed by atoms with van der Waals surface area (Å²) in [5.74, 6) is 0. The average Bonchev–Trinajstić information content (AvgIpc) is 2.78. The Morgan fingerprint density at radius 1 is 0.882 bits per heavy atom. The van der Waals surface area contributed by atoms with Crippen LogP contribution >= 0.6 is 0 Å². The molecule has 2 aliphatic heterocycles. The Morgan fingerprint density at radius 3 is 2.82 bits per heavy atom. The molecule has 0 unspecified atom stereocenters. The summed E-state index contributed by atoms with van der Waals surface area (Å²) in [4.78, 5) is 13.2. The summed E-state index contributed by atoms with van der Waals surface area (Å²) in [7, 11) is 0. The molecular weight excluding hydrogens is 210 g/mol. The third kappa shape index (κ3) is 1.13. The monoisotopic (exact) mass is 219 g/mol. The largest absolute Gasteiger partial charge is 0.269 e. The van der Waals surface area contributed by atoms with E-state index in [0.717, 1.165) is 22.0 Å². The summed E-state index contributed by atoms with van der Waals surface area (Å²) in [6.45, 7) is 0.680. The van der Waals surface area contributed by atoms with E-state index in [1.807, 2.05) is 18.2 Å². The Balaban J connectivity index is 2.27. The highest BCUT2D eigenvalue weighted by atomic mass is 14.9. The minimum Gasteiger partial charge on any atom is -0.269 e. The molecule has 0 N–H and O–H groups in total. The fraction of sp³-hybridized carbons (Fsp3) is 0.0714. The number of aliphatic imine (C=N–C) groups is 1. The maximum Gasteiger partial charge on any atom is 0.110 e. The molecule has 3 nitrogen and oxygen atoms in total. The van der Waals surface area contributed by atoms with Crippen molar-refractivity contribution in [3.05, 3.63) is 63.1 Å². The molecule has 0 aromatic heterocycles. The van der Waals surface area contributed by atoms with Crippen LogP contribution in [-0.4, -0.2) is 6.34 Å². The van der Waals surface area contributed by atoms with Gasteiger partial charge in [0.2, 0.25) is 0 Å². The van der Waals surface area contributed by atoms with Crippen LogP contribution in [0.1, 0.15) is 5.56 Å². The second-order valence-corrected chi connectivity index (χ2v) is 4.17. The molecular formula is C14H9N3. The number of rotatable bonds is 0. The quantitative estimate of drug-likeness (QED) is 0.548. The molecule has 3 heteroatoms. The van der Waals surface area contributed by atoms with E-state index in [4.69, 9.17) is 4.99 Å². The lowest BCUT2D eigenvalue weighted by Crippen LogP contribution is -2.12. The molecule has 17 heavy (non-hydrogen) atoms. The van der Waals surface area contributed by atoms with Crippen molar-refractivity contribution in [2.75, 3.05) is 0 Å². The smallest absolute Gasteiger partial charge is 0.110 e. The van der Waals surface area contributed by atoms with Gasteiger partial charge in [0, 0.05) is 16.0 Å². The van der Waals surface area contributed by atoms with Crippen LogP contribution < -0.4 is 10.7 Å². The first kappa shape index (κ1) is 8.82. The second kappa shape index (κ2) is 3.10. The molecule has 2 aliphatic rings. The fourth-order valence-corrected chi connectivity index (χ4v) is 2.40. The van der Waals surface area contributed by atoms with Crippen LogP contribution in [0, 0.1) is 10.4 Å². The molecule has 0 saturated carbocycles. The van der Waals surface area contributed by atoms with E-state index in [1.54, 1.807) is 6.34 Å². The number of hydrogen-bond donors (Lipinski definition) is 0. The summed E-state index contributed by atoms with van der Waals surface area (Å²) in [5, 5.41) is 4.45. The van der Waals surface area contributed by atoms with Crippen LogP contribution in [0.15, 0.2) is 51.4 Å². The fourth-order valence-electron chi connectivity index (χ4n) is 2.40. The van der Waals surface area contributed by atoms with Gasteiger partial charge in [0.05, 0.1) is 22.9 Å². The highest BCUT2D eigenvalue weighted by Gasteiger charge is 2.11. The number of para-hydroxylation sites is 1. The van der Waals surface area contributed by atoms with Crippen molar-refractivity contribution in [3.8, 4) is 0 Å². The Labute approximate surface area is 97.2 Å². The normalized spacial score (nSPS) is 14.4. The first-order valence-corrected chi connectivity index (χ1v) is 5.60. The molecule has 80 valence electrons. The molecule has 0 fully saturated rings. The van der Waals surface area contributed by atoms with E-state index in [0.29, 0.717) is 6.54 Å². The van der Waals surface area contributed by atoms with Crippen LogP contribution in [0.25, 0.3) is 0 Å². The third-order valence-corrected chi connectivity index (χ3v) is 3.21. The van der Waals surface area contributed by atoms with Gasteiger partial charge in [-0.15, -0.1) is 0 Å². The van der Waals surface area contributed by atoms with E-state index in [2.05, 4.69) is 28.2 Å². The third-order valence-electron chi connectivity index (χ3n) is 3.21. The lowest BCUT2D eigenvalue weighted by molar-refractivity contribution is 1.01. The van der Waals surface area contributed by atoms with Gasteiger partial charge in [0.25, 0.3) is 0 Å². The Kier molecular flexibility index (Phi) is 1.61. The minimum absolute atomic E-state index is 0.680. The summed E-state index contributed by atoms with van der Waals surface area (Å²) in [6, 6.07) is 12.4. The average molecular weight is 219 g/mol. The highest BCUT2D eigenvalue weighted by Crippen LogP contribution is 2.22. The lowest BCUT2D eigenvalue weighted by atomic mass is 10.1. The van der Waals surface area contributed by atoms with E-state index in [9.17, 15) is 0 Å². The SMILES string of the molecule is C1=NCc2c3c(ccc2=N1)=c1ccccc1=N3. The number of nitrogens with zero attached hydrogens (tertiary/aromatic N) is 3. The van der Waals surface area contributed by atoms with Gasteiger partial charge in [-0.2, -0.15) is 0 Å². The molecule has 0 saturated heterocycles. The van der Waals surface area contributed by atoms with Crippen molar-refractivity contribution < 1.29 is 0 Å². The maximum absolute atomic E-state index is 4.69. The molecule has 2 heterocycles. The standard InChI is InChI=1S/C14H9N3/c1-2-4-13-9(3-1)10-5-6-12-11(14(10)17-13)7-15-8-16-12/h1-6,8H,7H2. The van der Waals surface area contributed by atoms with Crippen molar-refractivity contribution in [2.24, 2.45) is 15.0 Å². The van der Waals surface area contributed by atoms with Gasteiger partial charge in [-0.25, -0.2) is 9.98 Å². The number of benzene rings is 2. The van der Waals surface area contributed by atoms with Crippen molar-refractivity contribution in [1.29, 1.82) is 0 Å². The molecule has 2 aromatic carbocycles. The molecule has 0 bridgehead atoms. The van der Waals surface area contributed by atoms with E-state index < -0.39 is 0 Å². The maximum atomic E-state index is 4.69. The van der Waals surface area contributed by atoms with Crippen LogP contribution in [0.3, 0.4) is 0 Å². The van der Waals surface area contributed by atoms with Crippen molar-refractivity contribution >= 4 is 12.0 Å². The minimum atomic E-state index is 0.680. The molecule has 0 spiro atoms. The summed E-state index contributed by atoms with van der Waals surface area (Å²) in [6.07, 6.45) is 1.62.